The van der Waals surface area contributed by atoms with Gasteiger partial charge in [0, 0.05) is 30.4 Å². The summed E-state index contributed by atoms with van der Waals surface area (Å²) in [4.78, 5) is 16.3. The zero-order chi connectivity index (χ0) is 30.6. The van der Waals surface area contributed by atoms with E-state index >= 15 is 0 Å². The van der Waals surface area contributed by atoms with Crippen LogP contribution in [0.5, 0.6) is 5.88 Å². The van der Waals surface area contributed by atoms with Crippen molar-refractivity contribution in [2.75, 3.05) is 6.54 Å². The molecule has 0 radical (unpaired) electrons. The molecule has 0 aliphatic carbocycles. The maximum atomic E-state index is 14.0. The van der Waals surface area contributed by atoms with Gasteiger partial charge in [-0.2, -0.15) is 4.31 Å². The molecule has 2 aromatic carbocycles. The number of ether oxygens (including phenoxy) is 1. The van der Waals surface area contributed by atoms with E-state index < -0.39 is 28.0 Å². The highest BCUT2D eigenvalue weighted by atomic mass is 35.5. The molecule has 3 aromatic heterocycles. The van der Waals surface area contributed by atoms with Gasteiger partial charge in [-0.15, -0.1) is 16.4 Å². The summed E-state index contributed by atoms with van der Waals surface area (Å²) in [6, 6.07) is 8.96. The van der Waals surface area contributed by atoms with Crippen molar-refractivity contribution in [2.45, 2.75) is 50.2 Å². The Balaban J connectivity index is 1.49. The fraction of sp³-hybridized carbons (Fsp3) is 0.310. The van der Waals surface area contributed by atoms with E-state index in [4.69, 9.17) is 27.9 Å². The molecule has 1 aliphatic rings. The minimum atomic E-state index is -4.04. The number of aryl methyl sites for hydroxylation is 2. The first kappa shape index (κ1) is 29.8. The summed E-state index contributed by atoms with van der Waals surface area (Å²) in [6.45, 7) is 3.96. The quantitative estimate of drug-likeness (QED) is 0.220. The fourth-order valence-corrected chi connectivity index (χ4v) is 8.65. The van der Waals surface area contributed by atoms with Crippen LogP contribution in [0.2, 0.25) is 10.0 Å². The van der Waals surface area contributed by atoms with Crippen molar-refractivity contribution < 1.29 is 23.1 Å². The van der Waals surface area contributed by atoms with Crippen LogP contribution in [0.3, 0.4) is 0 Å². The number of aliphatic carboxylic acids is 1. The van der Waals surface area contributed by atoms with Crippen LogP contribution in [0.1, 0.15) is 47.9 Å². The number of fused-ring (bicyclic) bond motifs is 3. The Hall–Kier alpha value is -3.29. The molecule has 1 aliphatic heterocycles. The first-order valence-electron chi connectivity index (χ1n) is 13.5. The van der Waals surface area contributed by atoms with Crippen LogP contribution in [0, 0.1) is 6.92 Å². The highest BCUT2D eigenvalue weighted by molar-refractivity contribution is 7.89. The smallest absolute Gasteiger partial charge is 0.304 e. The Labute approximate surface area is 261 Å². The maximum absolute atomic E-state index is 14.0. The average molecular weight is 661 g/mol. The third kappa shape index (κ3) is 5.35. The van der Waals surface area contributed by atoms with Gasteiger partial charge in [0.2, 0.25) is 15.9 Å². The molecule has 0 spiro atoms. The average Bonchev–Trinajstić information content (AvgIpc) is 3.58. The Morgan fingerprint density at radius 3 is 2.79 bits per heavy atom. The summed E-state index contributed by atoms with van der Waals surface area (Å²) < 4.78 is 37.8. The molecule has 0 saturated carbocycles. The van der Waals surface area contributed by atoms with E-state index in [1.54, 1.807) is 17.8 Å². The summed E-state index contributed by atoms with van der Waals surface area (Å²) in [7, 11) is -2.29. The van der Waals surface area contributed by atoms with Gasteiger partial charge >= 0.3 is 5.97 Å². The summed E-state index contributed by atoms with van der Waals surface area (Å²) >= 11 is 14.3. The summed E-state index contributed by atoms with van der Waals surface area (Å²) in [6.07, 6.45) is 1.31. The Morgan fingerprint density at radius 2 is 2.05 bits per heavy atom. The zero-order valence-corrected chi connectivity index (χ0v) is 26.6. The van der Waals surface area contributed by atoms with Crippen molar-refractivity contribution in [3.05, 3.63) is 74.2 Å². The molecule has 0 unspecified atom stereocenters. The summed E-state index contributed by atoms with van der Waals surface area (Å²) in [5.41, 5.74) is 4.25. The number of thiophene rings is 1. The standard InChI is InChI=1S/C29H27Cl2N5O5S2/c1-4-20-14-36(43(39,40)24-9-19(30)12-32-29(24)41-20)13-18-8-17(7-16-5-6-42-28(16)18)22(11-25(37)38)21-10-23(31)27-26(15(21)2)33-34-35(27)3/h5-10,12,20,22H,4,11,13-14H2,1-3H3,(H,37,38)/t20-,22+/m1/s1. The number of carboxylic acid groups (broad SMARTS) is 1. The molecular formula is C29H27Cl2N5O5S2. The summed E-state index contributed by atoms with van der Waals surface area (Å²) in [5.74, 6) is -1.53. The van der Waals surface area contributed by atoms with E-state index in [1.165, 1.54) is 27.9 Å². The molecule has 0 saturated heterocycles. The highest BCUT2D eigenvalue weighted by Crippen LogP contribution is 2.40. The number of hydrogen-bond donors (Lipinski definition) is 1. The molecule has 43 heavy (non-hydrogen) atoms. The molecule has 0 amide bonds. The van der Waals surface area contributed by atoms with Crippen LogP contribution in [-0.2, 0) is 28.4 Å². The van der Waals surface area contributed by atoms with E-state index in [2.05, 4.69) is 15.3 Å². The Bertz CT molecular complexity index is 2010. The third-order valence-corrected chi connectivity index (χ3v) is 11.1. The van der Waals surface area contributed by atoms with Crippen molar-refractivity contribution in [2.24, 2.45) is 7.05 Å². The third-order valence-electron chi connectivity index (χ3n) is 7.82. The van der Waals surface area contributed by atoms with E-state index in [9.17, 15) is 18.3 Å². The predicted octanol–water partition coefficient (Wildman–Crippen LogP) is 6.16. The number of sulfonamides is 1. The lowest BCUT2D eigenvalue weighted by Crippen LogP contribution is -2.36. The molecule has 1 N–H and O–H groups in total. The van der Waals surface area contributed by atoms with Crippen LogP contribution in [0.15, 0.2) is 46.8 Å². The molecule has 0 fully saturated rings. The first-order valence-corrected chi connectivity index (χ1v) is 16.6. The topological polar surface area (TPSA) is 128 Å². The van der Waals surface area contributed by atoms with Crippen LogP contribution < -0.4 is 4.74 Å². The Morgan fingerprint density at radius 1 is 1.26 bits per heavy atom. The van der Waals surface area contributed by atoms with Crippen molar-refractivity contribution in [3.63, 3.8) is 0 Å². The second-order valence-electron chi connectivity index (χ2n) is 10.6. The molecular weight excluding hydrogens is 633 g/mol. The molecule has 0 bridgehead atoms. The molecule has 14 heteroatoms. The summed E-state index contributed by atoms with van der Waals surface area (Å²) in [5, 5.41) is 21.8. The van der Waals surface area contributed by atoms with Crippen LogP contribution >= 0.6 is 34.5 Å². The van der Waals surface area contributed by atoms with Crippen LogP contribution in [-0.4, -0.2) is 56.4 Å². The van der Waals surface area contributed by atoms with Crippen LogP contribution in [0.25, 0.3) is 21.1 Å². The van der Waals surface area contributed by atoms with Gasteiger partial charge in [-0.25, -0.2) is 18.1 Å². The minimum absolute atomic E-state index is 0.0297. The number of carbonyl (C=O) groups is 1. The second-order valence-corrected chi connectivity index (χ2v) is 14.2. The SMILES string of the molecule is CC[C@@H]1CN(Cc2cc([C@H](CC(=O)O)c3cc(Cl)c4c(nnn4C)c3C)cc3ccsc23)S(=O)(=O)c2cc(Cl)cnc2O1. The van der Waals surface area contributed by atoms with Gasteiger partial charge in [-0.1, -0.05) is 41.4 Å². The van der Waals surface area contributed by atoms with E-state index in [0.717, 1.165) is 32.3 Å². The zero-order valence-electron chi connectivity index (χ0n) is 23.4. The van der Waals surface area contributed by atoms with E-state index in [0.29, 0.717) is 22.5 Å². The second kappa shape index (κ2) is 11.3. The number of aromatic nitrogens is 4. The lowest BCUT2D eigenvalue weighted by Gasteiger charge is -2.24. The van der Waals surface area contributed by atoms with Crippen molar-refractivity contribution in [3.8, 4) is 5.88 Å². The number of benzene rings is 2. The number of carboxylic acids is 1. The van der Waals surface area contributed by atoms with Gasteiger partial charge in [0.05, 0.1) is 23.0 Å². The lowest BCUT2D eigenvalue weighted by atomic mass is 9.84. The number of halogens is 2. The van der Waals surface area contributed by atoms with Crippen LogP contribution in [0.4, 0.5) is 0 Å². The van der Waals surface area contributed by atoms with Gasteiger partial charge in [-0.3, -0.25) is 4.79 Å². The molecule has 4 heterocycles. The van der Waals surface area contributed by atoms with Crippen molar-refractivity contribution in [1.29, 1.82) is 0 Å². The fourth-order valence-electron chi connectivity index (χ4n) is 5.66. The number of pyridine rings is 1. The van der Waals surface area contributed by atoms with Gasteiger partial charge < -0.3 is 9.84 Å². The van der Waals surface area contributed by atoms with Gasteiger partial charge in [-0.05, 0) is 70.6 Å². The van der Waals surface area contributed by atoms with E-state index in [1.807, 2.05) is 37.4 Å². The molecule has 10 nitrogen and oxygen atoms in total. The molecule has 2 atom stereocenters. The normalized spacial score (nSPS) is 17.5. The largest absolute Gasteiger partial charge is 0.481 e. The lowest BCUT2D eigenvalue weighted by molar-refractivity contribution is -0.137. The van der Waals surface area contributed by atoms with Gasteiger partial charge in [0.25, 0.3) is 0 Å². The predicted molar refractivity (Wildman–Crippen MR) is 166 cm³/mol. The monoisotopic (exact) mass is 659 g/mol. The molecule has 6 rings (SSSR count). The first-order chi connectivity index (χ1) is 20.5. The molecule has 224 valence electrons. The van der Waals surface area contributed by atoms with Crippen molar-refractivity contribution in [1.82, 2.24) is 24.3 Å². The minimum Gasteiger partial charge on any atom is -0.481 e. The van der Waals surface area contributed by atoms with E-state index in [-0.39, 0.29) is 35.3 Å². The van der Waals surface area contributed by atoms with Gasteiger partial charge in [0.1, 0.15) is 22.0 Å². The number of hydrogen-bond acceptors (Lipinski definition) is 8. The number of nitrogens with zero attached hydrogens (tertiary/aromatic N) is 5. The highest BCUT2D eigenvalue weighted by Gasteiger charge is 2.36. The van der Waals surface area contributed by atoms with Gasteiger partial charge in [0.15, 0.2) is 0 Å². The van der Waals surface area contributed by atoms with Crippen molar-refractivity contribution >= 4 is 71.7 Å². The number of rotatable bonds is 7. The molecule has 5 aromatic rings. The Kier molecular flexibility index (Phi) is 7.84. The maximum Gasteiger partial charge on any atom is 0.304 e.